The summed E-state index contributed by atoms with van der Waals surface area (Å²) in [7, 11) is 0. The fourth-order valence-corrected chi connectivity index (χ4v) is 3.11. The van der Waals surface area contributed by atoms with Crippen LogP contribution in [0, 0.1) is 17.3 Å². The molecule has 2 atom stereocenters. The maximum absolute atomic E-state index is 11.8. The lowest BCUT2D eigenvalue weighted by molar-refractivity contribution is -0.123. The summed E-state index contributed by atoms with van der Waals surface area (Å²) in [6.45, 7) is 2.93. The number of hydrogen-bond donors (Lipinski definition) is 1. The summed E-state index contributed by atoms with van der Waals surface area (Å²) in [5.74, 6) is 1.82. The zero-order chi connectivity index (χ0) is 11.6. The molecule has 2 fully saturated rings. The summed E-state index contributed by atoms with van der Waals surface area (Å²) >= 11 is 6.09. The van der Waals surface area contributed by atoms with Crippen molar-refractivity contribution in [1.29, 1.82) is 0 Å². The van der Waals surface area contributed by atoms with Crippen molar-refractivity contribution in [3.63, 3.8) is 0 Å². The van der Waals surface area contributed by atoms with Crippen LogP contribution in [0.4, 0.5) is 0 Å². The van der Waals surface area contributed by atoms with Gasteiger partial charge in [-0.15, -0.1) is 11.6 Å². The molecule has 16 heavy (non-hydrogen) atoms. The number of hydrogen-bond acceptors (Lipinski definition) is 1. The highest BCUT2D eigenvalue weighted by Crippen LogP contribution is 2.39. The molecule has 1 amide bonds. The predicted octanol–water partition coefficient (Wildman–Crippen LogP) is 2.95. The summed E-state index contributed by atoms with van der Waals surface area (Å²) in [4.78, 5) is 11.8. The van der Waals surface area contributed by atoms with Gasteiger partial charge in [0.15, 0.2) is 0 Å². The zero-order valence-electron chi connectivity index (χ0n) is 10.1. The van der Waals surface area contributed by atoms with Crippen LogP contribution in [0.5, 0.6) is 0 Å². The first kappa shape index (κ1) is 12.2. The minimum atomic E-state index is 0.188. The molecule has 2 saturated carbocycles. The minimum absolute atomic E-state index is 0.188. The van der Waals surface area contributed by atoms with Crippen LogP contribution in [0.3, 0.4) is 0 Å². The molecule has 0 radical (unpaired) electrons. The van der Waals surface area contributed by atoms with E-state index in [1.165, 1.54) is 32.1 Å². The molecule has 2 aliphatic rings. The third-order valence-corrected chi connectivity index (χ3v) is 4.85. The van der Waals surface area contributed by atoms with E-state index in [2.05, 4.69) is 12.2 Å². The summed E-state index contributed by atoms with van der Waals surface area (Å²) in [6.07, 6.45) is 7.28. The maximum Gasteiger partial charge on any atom is 0.223 e. The van der Waals surface area contributed by atoms with Gasteiger partial charge in [0.1, 0.15) is 0 Å². The molecule has 0 heterocycles. The highest BCUT2D eigenvalue weighted by atomic mass is 35.5. The van der Waals surface area contributed by atoms with Gasteiger partial charge in [-0.3, -0.25) is 4.79 Å². The standard InChI is InChI=1S/C13H22ClNO/c1-10-7-11(10)12(16)15-9-13(8-14)5-3-2-4-6-13/h10-11H,2-9H2,1H3,(H,15,16). The molecule has 0 aromatic heterocycles. The number of carbonyl (C=O) groups is 1. The monoisotopic (exact) mass is 243 g/mol. The second kappa shape index (κ2) is 4.95. The molecule has 0 bridgehead atoms. The molecule has 2 aliphatic carbocycles. The lowest BCUT2D eigenvalue weighted by atomic mass is 9.75. The van der Waals surface area contributed by atoms with Gasteiger partial charge in [0, 0.05) is 23.8 Å². The third-order valence-electron chi connectivity index (χ3n) is 4.28. The summed E-state index contributed by atoms with van der Waals surface area (Å²) in [5.41, 5.74) is 0.188. The van der Waals surface area contributed by atoms with Gasteiger partial charge in [-0.2, -0.15) is 0 Å². The minimum Gasteiger partial charge on any atom is -0.355 e. The second-order valence-electron chi connectivity index (χ2n) is 5.73. The van der Waals surface area contributed by atoms with Crippen molar-refractivity contribution in [2.75, 3.05) is 12.4 Å². The van der Waals surface area contributed by atoms with E-state index in [1.807, 2.05) is 0 Å². The van der Waals surface area contributed by atoms with E-state index in [0.29, 0.717) is 11.8 Å². The van der Waals surface area contributed by atoms with Crippen molar-refractivity contribution in [3.05, 3.63) is 0 Å². The van der Waals surface area contributed by atoms with Crippen LogP contribution in [0.15, 0.2) is 0 Å². The number of alkyl halides is 1. The van der Waals surface area contributed by atoms with Gasteiger partial charge >= 0.3 is 0 Å². The Balaban J connectivity index is 1.80. The average molecular weight is 244 g/mol. The molecular formula is C13H22ClNO. The second-order valence-corrected chi connectivity index (χ2v) is 6.00. The highest BCUT2D eigenvalue weighted by Gasteiger charge is 2.40. The van der Waals surface area contributed by atoms with E-state index >= 15 is 0 Å². The van der Waals surface area contributed by atoms with Crippen LogP contribution in [0.25, 0.3) is 0 Å². The number of amides is 1. The SMILES string of the molecule is CC1CC1C(=O)NCC1(CCl)CCCCC1. The molecule has 0 saturated heterocycles. The van der Waals surface area contributed by atoms with Gasteiger partial charge in [0.05, 0.1) is 0 Å². The largest absolute Gasteiger partial charge is 0.355 e. The lowest BCUT2D eigenvalue weighted by Crippen LogP contribution is -2.40. The maximum atomic E-state index is 11.8. The fourth-order valence-electron chi connectivity index (χ4n) is 2.75. The van der Waals surface area contributed by atoms with Gasteiger partial charge in [0.2, 0.25) is 5.91 Å². The molecule has 0 aromatic rings. The van der Waals surface area contributed by atoms with Crippen molar-refractivity contribution in [2.45, 2.75) is 45.4 Å². The van der Waals surface area contributed by atoms with Crippen molar-refractivity contribution in [3.8, 4) is 0 Å². The Morgan fingerprint density at radius 2 is 2.00 bits per heavy atom. The van der Waals surface area contributed by atoms with E-state index < -0.39 is 0 Å². The first-order valence-electron chi connectivity index (χ1n) is 6.51. The van der Waals surface area contributed by atoms with Gasteiger partial charge < -0.3 is 5.32 Å². The summed E-state index contributed by atoms with van der Waals surface area (Å²) in [6, 6.07) is 0. The number of rotatable bonds is 4. The van der Waals surface area contributed by atoms with Crippen LogP contribution in [0.2, 0.25) is 0 Å². The highest BCUT2D eigenvalue weighted by molar-refractivity contribution is 6.18. The Kier molecular flexibility index (Phi) is 3.78. The van der Waals surface area contributed by atoms with Crippen LogP contribution in [-0.4, -0.2) is 18.3 Å². The first-order chi connectivity index (χ1) is 7.67. The lowest BCUT2D eigenvalue weighted by Gasteiger charge is -2.35. The normalized spacial score (nSPS) is 32.1. The van der Waals surface area contributed by atoms with E-state index in [1.54, 1.807) is 0 Å². The molecule has 3 heteroatoms. The van der Waals surface area contributed by atoms with Crippen LogP contribution in [0.1, 0.15) is 45.4 Å². The Bertz CT molecular complexity index is 261. The van der Waals surface area contributed by atoms with Gasteiger partial charge in [-0.25, -0.2) is 0 Å². The van der Waals surface area contributed by atoms with E-state index in [9.17, 15) is 4.79 Å². The molecule has 0 spiro atoms. The topological polar surface area (TPSA) is 29.1 Å². The quantitative estimate of drug-likeness (QED) is 0.756. The Morgan fingerprint density at radius 3 is 2.50 bits per heavy atom. The van der Waals surface area contributed by atoms with Crippen molar-refractivity contribution >= 4 is 17.5 Å². The summed E-state index contributed by atoms with van der Waals surface area (Å²) < 4.78 is 0. The van der Waals surface area contributed by atoms with E-state index in [-0.39, 0.29) is 17.2 Å². The van der Waals surface area contributed by atoms with Gasteiger partial charge in [-0.1, -0.05) is 26.2 Å². The molecule has 2 nitrogen and oxygen atoms in total. The van der Waals surface area contributed by atoms with E-state index in [4.69, 9.17) is 11.6 Å². The molecule has 0 aliphatic heterocycles. The molecule has 2 unspecified atom stereocenters. The van der Waals surface area contributed by atoms with Crippen molar-refractivity contribution in [1.82, 2.24) is 5.32 Å². The fraction of sp³-hybridized carbons (Fsp3) is 0.923. The third kappa shape index (κ3) is 2.71. The van der Waals surface area contributed by atoms with Crippen LogP contribution in [-0.2, 0) is 4.79 Å². The van der Waals surface area contributed by atoms with Gasteiger partial charge in [0.25, 0.3) is 0 Å². The number of carbonyl (C=O) groups excluding carboxylic acids is 1. The van der Waals surface area contributed by atoms with Crippen LogP contribution >= 0.6 is 11.6 Å². The van der Waals surface area contributed by atoms with Crippen LogP contribution < -0.4 is 5.32 Å². The predicted molar refractivity (Wildman–Crippen MR) is 66.5 cm³/mol. The average Bonchev–Trinajstić information content (AvgIpc) is 3.05. The zero-order valence-corrected chi connectivity index (χ0v) is 10.9. The Morgan fingerprint density at radius 1 is 1.38 bits per heavy atom. The molecule has 1 N–H and O–H groups in total. The molecule has 2 rings (SSSR count). The first-order valence-corrected chi connectivity index (χ1v) is 7.04. The van der Waals surface area contributed by atoms with Crippen molar-refractivity contribution in [2.24, 2.45) is 17.3 Å². The van der Waals surface area contributed by atoms with Gasteiger partial charge in [-0.05, 0) is 25.2 Å². The van der Waals surface area contributed by atoms with E-state index in [0.717, 1.165) is 13.0 Å². The van der Waals surface area contributed by atoms with Crippen molar-refractivity contribution < 1.29 is 4.79 Å². The Hall–Kier alpha value is -0.240. The summed E-state index contributed by atoms with van der Waals surface area (Å²) in [5, 5.41) is 3.11. The molecular weight excluding hydrogens is 222 g/mol. The Labute approximate surface area is 103 Å². The molecule has 92 valence electrons. The number of nitrogens with one attached hydrogen (secondary N) is 1. The molecule has 0 aromatic carbocycles. The smallest absolute Gasteiger partial charge is 0.223 e. The number of halogens is 1.